The van der Waals surface area contributed by atoms with Crippen LogP contribution in [0.2, 0.25) is 0 Å². The van der Waals surface area contributed by atoms with Gasteiger partial charge >= 0.3 is 5.69 Å². The smallest absolute Gasteiger partial charge is 0.313 e. The topological polar surface area (TPSA) is 98.2 Å². The summed E-state index contributed by atoms with van der Waals surface area (Å²) in [5.74, 6) is 0.267. The monoisotopic (exact) mass is 411 g/mol. The lowest BCUT2D eigenvalue weighted by Crippen LogP contribution is -2.31. The maximum absolute atomic E-state index is 12.9. The molecule has 1 aliphatic heterocycles. The molecule has 4 rings (SSSR count). The molecule has 1 atom stereocenters. The van der Waals surface area contributed by atoms with Crippen molar-refractivity contribution in [2.45, 2.75) is 19.4 Å². The number of nitro groups is 1. The van der Waals surface area contributed by atoms with Gasteiger partial charge in [-0.25, -0.2) is 5.01 Å². The van der Waals surface area contributed by atoms with Gasteiger partial charge < -0.3 is 9.15 Å². The molecule has 0 aliphatic carbocycles. The molecule has 1 amide bonds. The van der Waals surface area contributed by atoms with Crippen molar-refractivity contribution in [2.24, 2.45) is 5.10 Å². The van der Waals surface area contributed by atoms with E-state index in [4.69, 9.17) is 9.15 Å². The number of nitro benzene ring substituents is 1. The number of hydrazone groups is 1. The number of ether oxygens (including phenoxy) is 1. The first-order valence-electron chi connectivity index (χ1n) is 8.88. The van der Waals surface area contributed by atoms with Crippen LogP contribution in [-0.4, -0.2) is 28.2 Å². The molecule has 2 aromatic heterocycles. The number of hydrogen-bond acceptors (Lipinski definition) is 7. The highest BCUT2D eigenvalue weighted by molar-refractivity contribution is 7.12. The molecular formula is C20H17N3O5S. The molecule has 0 bridgehead atoms. The molecule has 1 unspecified atom stereocenters. The number of thiophene rings is 1. The number of hydrogen-bond donors (Lipinski definition) is 0. The molecule has 0 N–H and O–H groups in total. The summed E-state index contributed by atoms with van der Waals surface area (Å²) in [6, 6.07) is 11.8. The van der Waals surface area contributed by atoms with E-state index >= 15 is 0 Å². The highest BCUT2D eigenvalue weighted by Crippen LogP contribution is 2.35. The van der Waals surface area contributed by atoms with E-state index < -0.39 is 10.8 Å². The van der Waals surface area contributed by atoms with E-state index in [1.807, 2.05) is 17.5 Å². The summed E-state index contributed by atoms with van der Waals surface area (Å²) in [7, 11) is 0. The number of furan rings is 1. The lowest BCUT2D eigenvalue weighted by Gasteiger charge is -2.20. The number of aryl methyl sites for hydroxylation is 1. The molecule has 29 heavy (non-hydrogen) atoms. The molecule has 0 saturated carbocycles. The number of carbonyl (C=O) groups is 1. The normalized spacial score (nSPS) is 16.0. The number of para-hydroxylation sites is 1. The lowest BCUT2D eigenvalue weighted by atomic mass is 10.1. The standard InChI is InChI=1S/C20H17N3O5S/c1-13-5-2-6-17(20(13)23(25)26)28-12-19(24)22-15(16-7-3-9-27-16)11-14(21-22)18-8-4-10-29-18/h2-10,15H,11-12H2,1H3. The van der Waals surface area contributed by atoms with Crippen LogP contribution in [0.15, 0.2) is 63.6 Å². The summed E-state index contributed by atoms with van der Waals surface area (Å²) in [6.07, 6.45) is 2.07. The molecular weight excluding hydrogens is 394 g/mol. The number of amides is 1. The zero-order valence-electron chi connectivity index (χ0n) is 15.5. The summed E-state index contributed by atoms with van der Waals surface area (Å²) in [6.45, 7) is 1.25. The molecule has 0 spiro atoms. The van der Waals surface area contributed by atoms with Gasteiger partial charge in [0.15, 0.2) is 12.4 Å². The van der Waals surface area contributed by atoms with Crippen LogP contribution in [0, 0.1) is 17.0 Å². The van der Waals surface area contributed by atoms with Gasteiger partial charge in [-0.15, -0.1) is 11.3 Å². The first-order valence-corrected chi connectivity index (χ1v) is 9.76. The van der Waals surface area contributed by atoms with Crippen molar-refractivity contribution in [1.29, 1.82) is 0 Å². The first-order chi connectivity index (χ1) is 14.0. The Hall–Kier alpha value is -3.46. The van der Waals surface area contributed by atoms with Crippen molar-refractivity contribution in [3.8, 4) is 5.75 Å². The van der Waals surface area contributed by atoms with Gasteiger partial charge in [-0.3, -0.25) is 14.9 Å². The highest BCUT2D eigenvalue weighted by atomic mass is 32.1. The molecule has 3 aromatic rings. The molecule has 1 aliphatic rings. The predicted molar refractivity (Wildman–Crippen MR) is 107 cm³/mol. The number of benzene rings is 1. The van der Waals surface area contributed by atoms with Gasteiger partial charge in [0.2, 0.25) is 0 Å². The predicted octanol–water partition coefficient (Wildman–Crippen LogP) is 4.31. The summed E-state index contributed by atoms with van der Waals surface area (Å²) >= 11 is 1.54. The van der Waals surface area contributed by atoms with Crippen LogP contribution in [0.1, 0.15) is 28.7 Å². The molecule has 148 valence electrons. The molecule has 9 heteroatoms. The maximum atomic E-state index is 12.9. The van der Waals surface area contributed by atoms with Crippen LogP contribution in [0.4, 0.5) is 5.69 Å². The average molecular weight is 411 g/mol. The minimum absolute atomic E-state index is 0.0551. The zero-order valence-corrected chi connectivity index (χ0v) is 16.3. The van der Waals surface area contributed by atoms with Crippen molar-refractivity contribution >= 4 is 28.6 Å². The molecule has 0 fully saturated rings. The molecule has 3 heterocycles. The fraction of sp³-hybridized carbons (Fsp3) is 0.200. The Morgan fingerprint density at radius 3 is 2.90 bits per heavy atom. The van der Waals surface area contributed by atoms with Gasteiger partial charge in [0, 0.05) is 12.0 Å². The SMILES string of the molecule is Cc1cccc(OCC(=O)N2N=C(c3cccs3)CC2c2ccco2)c1[N+](=O)[O-]. The van der Waals surface area contributed by atoms with Gasteiger partial charge in [0.25, 0.3) is 5.91 Å². The zero-order chi connectivity index (χ0) is 20.4. The molecule has 0 saturated heterocycles. The quantitative estimate of drug-likeness (QED) is 0.444. The second-order valence-corrected chi connectivity index (χ2v) is 7.41. The Bertz CT molecular complexity index is 1060. The number of nitrogens with zero attached hydrogens (tertiary/aromatic N) is 3. The Kier molecular flexibility index (Phi) is 5.13. The minimum atomic E-state index is -0.510. The van der Waals surface area contributed by atoms with Crippen LogP contribution >= 0.6 is 11.3 Å². The van der Waals surface area contributed by atoms with E-state index in [1.165, 1.54) is 11.1 Å². The Morgan fingerprint density at radius 1 is 1.34 bits per heavy atom. The van der Waals surface area contributed by atoms with Crippen LogP contribution < -0.4 is 4.74 Å². The van der Waals surface area contributed by atoms with Gasteiger partial charge in [-0.2, -0.15) is 5.10 Å². The third-order valence-electron chi connectivity index (χ3n) is 4.58. The van der Waals surface area contributed by atoms with Crippen molar-refractivity contribution in [3.63, 3.8) is 0 Å². The van der Waals surface area contributed by atoms with E-state index in [-0.39, 0.29) is 24.1 Å². The highest BCUT2D eigenvalue weighted by Gasteiger charge is 2.35. The van der Waals surface area contributed by atoms with Gasteiger partial charge in [0.1, 0.15) is 11.8 Å². The summed E-state index contributed by atoms with van der Waals surface area (Å²) in [5.41, 5.74) is 1.11. The number of carbonyl (C=O) groups excluding carboxylic acids is 1. The van der Waals surface area contributed by atoms with Crippen LogP contribution in [-0.2, 0) is 4.79 Å². The van der Waals surface area contributed by atoms with Crippen molar-refractivity contribution in [1.82, 2.24) is 5.01 Å². The second-order valence-electron chi connectivity index (χ2n) is 6.47. The van der Waals surface area contributed by atoms with Crippen molar-refractivity contribution < 1.29 is 18.9 Å². The summed E-state index contributed by atoms with van der Waals surface area (Å²) in [5, 5.41) is 19.1. The Morgan fingerprint density at radius 2 is 2.21 bits per heavy atom. The molecule has 0 radical (unpaired) electrons. The Balaban J connectivity index is 1.56. The number of rotatable bonds is 6. The van der Waals surface area contributed by atoms with Gasteiger partial charge in [0.05, 0.1) is 21.8 Å². The van der Waals surface area contributed by atoms with Crippen molar-refractivity contribution in [3.05, 3.63) is 80.4 Å². The first kappa shape index (κ1) is 18.9. The largest absolute Gasteiger partial charge is 0.477 e. The Labute approximate surface area is 170 Å². The lowest BCUT2D eigenvalue weighted by molar-refractivity contribution is -0.386. The van der Waals surface area contributed by atoms with Crippen molar-refractivity contribution in [2.75, 3.05) is 6.61 Å². The molecule has 8 nitrogen and oxygen atoms in total. The maximum Gasteiger partial charge on any atom is 0.313 e. The molecule has 1 aromatic carbocycles. The summed E-state index contributed by atoms with van der Waals surface area (Å²) < 4.78 is 11.0. The third-order valence-corrected chi connectivity index (χ3v) is 5.50. The average Bonchev–Trinajstić information content (AvgIpc) is 3.46. The van der Waals surface area contributed by atoms with E-state index in [2.05, 4.69) is 5.10 Å². The van der Waals surface area contributed by atoms with Gasteiger partial charge in [-0.1, -0.05) is 18.2 Å². The fourth-order valence-electron chi connectivity index (χ4n) is 3.22. The van der Waals surface area contributed by atoms with E-state index in [0.29, 0.717) is 17.7 Å². The third kappa shape index (κ3) is 3.77. The fourth-order valence-corrected chi connectivity index (χ4v) is 3.94. The van der Waals surface area contributed by atoms with Crippen LogP contribution in [0.3, 0.4) is 0 Å². The van der Waals surface area contributed by atoms with Gasteiger partial charge in [-0.05, 0) is 36.6 Å². The van der Waals surface area contributed by atoms with Crippen LogP contribution in [0.25, 0.3) is 0 Å². The van der Waals surface area contributed by atoms with E-state index in [0.717, 1.165) is 10.6 Å². The minimum Gasteiger partial charge on any atom is -0.477 e. The van der Waals surface area contributed by atoms with E-state index in [9.17, 15) is 14.9 Å². The van der Waals surface area contributed by atoms with Crippen LogP contribution in [0.5, 0.6) is 5.75 Å². The summed E-state index contributed by atoms with van der Waals surface area (Å²) in [4.78, 5) is 24.7. The second kappa shape index (κ2) is 7.88. The van der Waals surface area contributed by atoms with E-state index in [1.54, 1.807) is 48.8 Å².